The number of fused-ring (bicyclic) bond motifs is 1. The van der Waals surface area contributed by atoms with Crippen LogP contribution in [0.25, 0.3) is 16.9 Å². The topological polar surface area (TPSA) is 131 Å². The molecule has 10 nitrogen and oxygen atoms in total. The summed E-state index contributed by atoms with van der Waals surface area (Å²) >= 11 is 0. The molecule has 2 aromatic carbocycles. The molecule has 3 heterocycles. The van der Waals surface area contributed by atoms with Gasteiger partial charge >= 0.3 is 6.03 Å². The van der Waals surface area contributed by atoms with Gasteiger partial charge in [0.15, 0.2) is 17.2 Å². The number of nitrogens with two attached hydrogens (primary N) is 1. The molecule has 0 aliphatic rings. The smallest absolute Gasteiger partial charge is 0.424 e. The number of aromatic amines is 1. The van der Waals surface area contributed by atoms with E-state index < -0.39 is 17.4 Å². The monoisotopic (exact) mass is 514 g/mol. The number of nitrogens with zero attached hydrogens (tertiary/aromatic N) is 4. The number of halogens is 1. The SMILES string of the molecule is CC(C)(C)c1cc([NH2+]C(=O)Nc2ccc(Oc3ccnc4[nH]c(=O)cnc34)cc2F)n(-c2ccccc2)n1. The molecule has 0 aliphatic carbocycles. The van der Waals surface area contributed by atoms with Crippen molar-refractivity contribution in [2.75, 3.05) is 5.32 Å². The second-order valence-electron chi connectivity index (χ2n) is 9.58. The Morgan fingerprint density at radius 3 is 2.61 bits per heavy atom. The van der Waals surface area contributed by atoms with Crippen molar-refractivity contribution in [3.05, 3.63) is 94.9 Å². The predicted octanol–water partition coefficient (Wildman–Crippen LogP) is 4.16. The summed E-state index contributed by atoms with van der Waals surface area (Å²) in [6.45, 7) is 6.12. The molecule has 192 valence electrons. The highest BCUT2D eigenvalue weighted by Gasteiger charge is 2.24. The number of pyridine rings is 1. The summed E-state index contributed by atoms with van der Waals surface area (Å²) in [7, 11) is 0. The highest BCUT2D eigenvalue weighted by Crippen LogP contribution is 2.29. The van der Waals surface area contributed by atoms with E-state index in [0.717, 1.165) is 23.6 Å². The molecule has 0 saturated heterocycles. The Hall–Kier alpha value is -4.90. The maximum absolute atomic E-state index is 14.9. The molecule has 5 aromatic rings. The molecule has 3 aromatic heterocycles. The van der Waals surface area contributed by atoms with E-state index in [0.29, 0.717) is 17.1 Å². The number of benzene rings is 2. The highest BCUT2D eigenvalue weighted by molar-refractivity contribution is 5.83. The van der Waals surface area contributed by atoms with Crippen molar-refractivity contribution >= 4 is 28.7 Å². The number of hydrogen-bond acceptors (Lipinski definition) is 6. The number of H-pyrrole nitrogens is 1. The van der Waals surface area contributed by atoms with Crippen molar-refractivity contribution in [2.45, 2.75) is 26.2 Å². The maximum Gasteiger partial charge on any atom is 0.424 e. The van der Waals surface area contributed by atoms with Gasteiger partial charge in [0.05, 0.1) is 23.3 Å². The zero-order valence-corrected chi connectivity index (χ0v) is 20.9. The van der Waals surface area contributed by atoms with Gasteiger partial charge in [-0.1, -0.05) is 39.0 Å². The Balaban J connectivity index is 1.34. The van der Waals surface area contributed by atoms with Crippen LogP contribution in [0.5, 0.6) is 11.5 Å². The molecule has 0 unspecified atom stereocenters. The minimum Gasteiger partial charge on any atom is -0.455 e. The molecule has 5 rings (SSSR count). The lowest BCUT2D eigenvalue weighted by molar-refractivity contribution is -0.465. The molecule has 11 heteroatoms. The zero-order chi connectivity index (χ0) is 26.9. The largest absolute Gasteiger partial charge is 0.455 e. The first-order chi connectivity index (χ1) is 18.2. The lowest BCUT2D eigenvalue weighted by Crippen LogP contribution is -2.84. The number of ether oxygens (including phenoxy) is 1. The number of carbonyl (C=O) groups excluding carboxylic acids is 1. The van der Waals surface area contributed by atoms with Gasteiger partial charge in [0.2, 0.25) is 5.82 Å². The van der Waals surface area contributed by atoms with Crippen LogP contribution in [0.15, 0.2) is 77.9 Å². The summed E-state index contributed by atoms with van der Waals surface area (Å²) in [5.74, 6) is 0.353. The fraction of sp³-hybridized carbons (Fsp3) is 0.148. The normalized spacial score (nSPS) is 11.5. The van der Waals surface area contributed by atoms with E-state index in [9.17, 15) is 14.0 Å². The predicted molar refractivity (Wildman–Crippen MR) is 140 cm³/mol. The molecule has 0 radical (unpaired) electrons. The first-order valence-corrected chi connectivity index (χ1v) is 11.8. The van der Waals surface area contributed by atoms with Crippen LogP contribution < -0.4 is 20.9 Å². The Morgan fingerprint density at radius 2 is 1.87 bits per heavy atom. The van der Waals surface area contributed by atoms with E-state index in [-0.39, 0.29) is 22.5 Å². The van der Waals surface area contributed by atoms with Crippen LogP contribution in [0.2, 0.25) is 0 Å². The first kappa shape index (κ1) is 24.8. The third-order valence-electron chi connectivity index (χ3n) is 5.65. The lowest BCUT2D eigenvalue weighted by atomic mass is 9.92. The minimum absolute atomic E-state index is 0.0116. The summed E-state index contributed by atoms with van der Waals surface area (Å²) in [6, 6.07) is 16.4. The quantitative estimate of drug-likeness (QED) is 0.323. The highest BCUT2D eigenvalue weighted by atomic mass is 19.1. The molecule has 0 spiro atoms. The van der Waals surface area contributed by atoms with Gasteiger partial charge in [0, 0.05) is 29.8 Å². The van der Waals surface area contributed by atoms with Crippen molar-refractivity contribution in [3.8, 4) is 17.2 Å². The molecule has 0 saturated carbocycles. The number of quaternary nitrogens is 1. The molecule has 0 aliphatic heterocycles. The van der Waals surface area contributed by atoms with E-state index in [4.69, 9.17) is 9.84 Å². The molecular formula is C27H25FN7O3+. The Bertz CT molecular complexity index is 1690. The zero-order valence-electron chi connectivity index (χ0n) is 20.9. The van der Waals surface area contributed by atoms with Crippen LogP contribution in [0, 0.1) is 5.82 Å². The number of primary amides is 1. The fourth-order valence-corrected chi connectivity index (χ4v) is 3.74. The summed E-state index contributed by atoms with van der Waals surface area (Å²) in [6.07, 6.45) is 2.56. The van der Waals surface area contributed by atoms with Gasteiger partial charge in [-0.15, -0.1) is 0 Å². The van der Waals surface area contributed by atoms with Gasteiger partial charge in [0.25, 0.3) is 5.56 Å². The Kier molecular flexibility index (Phi) is 6.43. The number of nitrogens with one attached hydrogen (secondary N) is 2. The summed E-state index contributed by atoms with van der Waals surface area (Å²) in [5, 5.41) is 8.66. The van der Waals surface area contributed by atoms with Crippen LogP contribution in [-0.4, -0.2) is 30.8 Å². The maximum atomic E-state index is 14.9. The number of urea groups is 1. The van der Waals surface area contributed by atoms with E-state index in [1.54, 1.807) is 10.7 Å². The van der Waals surface area contributed by atoms with Crippen LogP contribution in [0.4, 0.5) is 20.7 Å². The third kappa shape index (κ3) is 5.27. The minimum atomic E-state index is -0.684. The number of amides is 2. The molecular weight excluding hydrogens is 489 g/mol. The van der Waals surface area contributed by atoms with Gasteiger partial charge in [-0.05, 0) is 24.3 Å². The molecule has 38 heavy (non-hydrogen) atoms. The average molecular weight is 515 g/mol. The lowest BCUT2D eigenvalue weighted by Gasteiger charge is -2.13. The standard InChI is InChI=1S/C27H24FN7O3/c1-27(2,3)21-14-22(35(34-21)16-7-5-4-6-8-16)32-26(37)31-19-10-9-17(13-18(19)28)38-20-11-12-29-25-24(20)30-15-23(36)33-25/h4-15H,1-3H3,(H,29,33,36)(H2,31,32,37)/p+1. The van der Waals surface area contributed by atoms with E-state index in [1.165, 1.54) is 23.6 Å². The molecule has 4 N–H and O–H groups in total. The number of rotatable bonds is 5. The molecule has 0 bridgehead atoms. The number of anilines is 1. The molecule has 2 amide bonds. The van der Waals surface area contributed by atoms with Crippen molar-refractivity contribution in [1.29, 1.82) is 0 Å². The second-order valence-corrected chi connectivity index (χ2v) is 9.58. The fourth-order valence-electron chi connectivity index (χ4n) is 3.74. The number of carbonyl (C=O) groups is 1. The van der Waals surface area contributed by atoms with Crippen LogP contribution in [0.3, 0.4) is 0 Å². The van der Waals surface area contributed by atoms with E-state index in [2.05, 4.69) is 20.3 Å². The number of aromatic nitrogens is 5. The number of hydrogen-bond donors (Lipinski definition) is 3. The van der Waals surface area contributed by atoms with Crippen molar-refractivity contribution in [3.63, 3.8) is 0 Å². The first-order valence-electron chi connectivity index (χ1n) is 11.8. The molecule has 0 fully saturated rings. The summed E-state index contributed by atoms with van der Waals surface area (Å²) < 4.78 is 22.4. The van der Waals surface area contributed by atoms with Gasteiger partial charge < -0.3 is 9.72 Å². The summed E-state index contributed by atoms with van der Waals surface area (Å²) in [5.41, 5.74) is 1.55. The average Bonchev–Trinajstić information content (AvgIpc) is 3.30. The van der Waals surface area contributed by atoms with Crippen molar-refractivity contribution in [1.82, 2.24) is 24.7 Å². The van der Waals surface area contributed by atoms with Gasteiger partial charge in [-0.3, -0.25) is 10.1 Å². The number of para-hydroxylation sites is 1. The second kappa shape index (κ2) is 9.87. The van der Waals surface area contributed by atoms with Crippen molar-refractivity contribution in [2.24, 2.45) is 0 Å². The van der Waals surface area contributed by atoms with Gasteiger partial charge in [0.1, 0.15) is 11.3 Å². The summed E-state index contributed by atoms with van der Waals surface area (Å²) in [4.78, 5) is 35.0. The van der Waals surface area contributed by atoms with Crippen LogP contribution >= 0.6 is 0 Å². The Labute approximate surface area is 216 Å². The van der Waals surface area contributed by atoms with E-state index in [1.807, 2.05) is 57.2 Å². The Morgan fingerprint density at radius 1 is 1.08 bits per heavy atom. The van der Waals surface area contributed by atoms with Gasteiger partial charge in [-0.25, -0.2) is 24.5 Å². The molecule has 0 atom stereocenters. The third-order valence-corrected chi connectivity index (χ3v) is 5.65. The van der Waals surface area contributed by atoms with Crippen LogP contribution in [0.1, 0.15) is 26.5 Å². The van der Waals surface area contributed by atoms with Crippen molar-refractivity contribution < 1.29 is 19.2 Å². The van der Waals surface area contributed by atoms with E-state index >= 15 is 0 Å². The van der Waals surface area contributed by atoms with Gasteiger partial charge in [-0.2, -0.15) is 9.78 Å². The van der Waals surface area contributed by atoms with Crippen LogP contribution in [-0.2, 0) is 5.41 Å².